The van der Waals surface area contributed by atoms with Gasteiger partial charge in [-0.15, -0.1) is 0 Å². The van der Waals surface area contributed by atoms with Crippen LogP contribution in [0.4, 0.5) is 11.5 Å². The lowest BCUT2D eigenvalue weighted by Gasteiger charge is -2.01. The molecule has 3 aromatic heterocycles. The maximum atomic E-state index is 12.3. The number of carbonyl (C=O) groups excluding carboxylic acids is 1. The number of nitrogens with zero attached hydrogens (tertiary/aromatic N) is 5. The van der Waals surface area contributed by atoms with Crippen molar-refractivity contribution in [1.82, 2.24) is 24.4 Å². The molecule has 9 heteroatoms. The Balaban J connectivity index is 1.96. The van der Waals surface area contributed by atoms with Crippen LogP contribution in [-0.2, 0) is 7.05 Å². The molecule has 0 aliphatic rings. The molecule has 20 heavy (non-hydrogen) atoms. The number of amides is 1. The topological polar surface area (TPSA) is 103 Å². The van der Waals surface area contributed by atoms with Gasteiger partial charge in [0.1, 0.15) is 11.4 Å². The van der Waals surface area contributed by atoms with Gasteiger partial charge >= 0.3 is 0 Å². The van der Waals surface area contributed by atoms with Crippen molar-refractivity contribution in [3.63, 3.8) is 0 Å². The zero-order chi connectivity index (χ0) is 14.3. The number of aryl methyl sites for hydroxylation is 1. The monoisotopic (exact) mass is 335 g/mol. The first kappa shape index (κ1) is 12.6. The van der Waals surface area contributed by atoms with Crippen LogP contribution in [0.15, 0.2) is 29.3 Å². The second kappa shape index (κ2) is 4.60. The number of rotatable bonds is 2. The minimum absolute atomic E-state index is 0.327. The number of fused-ring (bicyclic) bond motifs is 1. The summed E-state index contributed by atoms with van der Waals surface area (Å²) in [5, 5.41) is 10.9. The van der Waals surface area contributed by atoms with Crippen LogP contribution >= 0.6 is 15.9 Å². The first-order valence-electron chi connectivity index (χ1n) is 5.65. The van der Waals surface area contributed by atoms with E-state index < -0.39 is 0 Å². The molecule has 1 amide bonds. The van der Waals surface area contributed by atoms with Crippen LogP contribution in [0.5, 0.6) is 0 Å². The lowest BCUT2D eigenvalue weighted by Crippen LogP contribution is -2.12. The van der Waals surface area contributed by atoms with Crippen LogP contribution in [0, 0.1) is 0 Å². The van der Waals surface area contributed by atoms with Gasteiger partial charge in [-0.1, -0.05) is 0 Å². The van der Waals surface area contributed by atoms with E-state index in [9.17, 15) is 4.79 Å². The molecule has 0 saturated carbocycles. The highest BCUT2D eigenvalue weighted by Gasteiger charge is 2.16. The molecule has 102 valence electrons. The Morgan fingerprint density at radius 3 is 3.00 bits per heavy atom. The summed E-state index contributed by atoms with van der Waals surface area (Å²) in [6.45, 7) is 0. The molecule has 0 aliphatic heterocycles. The lowest BCUT2D eigenvalue weighted by atomic mass is 10.3. The normalized spacial score (nSPS) is 10.9. The number of anilines is 2. The first-order chi connectivity index (χ1) is 9.54. The first-order valence-corrected chi connectivity index (χ1v) is 6.44. The highest BCUT2D eigenvalue weighted by molar-refractivity contribution is 9.10. The van der Waals surface area contributed by atoms with Crippen LogP contribution in [0.25, 0.3) is 5.65 Å². The van der Waals surface area contributed by atoms with E-state index in [4.69, 9.17) is 5.73 Å². The summed E-state index contributed by atoms with van der Waals surface area (Å²) in [6, 6.07) is 1.61. The fraction of sp³-hybridized carbons (Fsp3) is 0.0909. The largest absolute Gasteiger partial charge is 0.384 e. The van der Waals surface area contributed by atoms with Gasteiger partial charge in [0.2, 0.25) is 0 Å². The van der Waals surface area contributed by atoms with Crippen molar-refractivity contribution in [1.29, 1.82) is 0 Å². The molecule has 0 spiro atoms. The van der Waals surface area contributed by atoms with Gasteiger partial charge in [0, 0.05) is 19.4 Å². The van der Waals surface area contributed by atoms with Crippen LogP contribution in [-0.4, -0.2) is 30.3 Å². The van der Waals surface area contributed by atoms with E-state index in [-0.39, 0.29) is 5.91 Å². The van der Waals surface area contributed by atoms with E-state index in [0.717, 1.165) is 0 Å². The predicted octanol–water partition coefficient (Wildman–Crippen LogP) is 1.06. The number of hydrogen-bond donors (Lipinski definition) is 2. The van der Waals surface area contributed by atoms with Crippen molar-refractivity contribution in [3.8, 4) is 0 Å². The molecular weight excluding hydrogens is 326 g/mol. The van der Waals surface area contributed by atoms with Crippen molar-refractivity contribution >= 4 is 39.0 Å². The standard InChI is InChI=1S/C11H10BrN7O/c1-18-5-7(9(12)17-18)15-11(20)6-4-14-19-3-2-8(13)16-10(6)19/h2-5H,1H3,(H2,13,16)(H,15,20). The SMILES string of the molecule is Cn1cc(NC(=O)c2cnn3ccc(N)nc23)c(Br)n1. The molecule has 0 atom stereocenters. The second-order valence-electron chi connectivity index (χ2n) is 4.14. The number of hydrogen-bond acceptors (Lipinski definition) is 5. The molecule has 3 aromatic rings. The number of carbonyl (C=O) groups is 1. The second-order valence-corrected chi connectivity index (χ2v) is 4.89. The summed E-state index contributed by atoms with van der Waals surface area (Å²) in [7, 11) is 1.76. The predicted molar refractivity (Wildman–Crippen MR) is 76.3 cm³/mol. The number of nitrogen functional groups attached to an aromatic ring is 1. The molecule has 3 N–H and O–H groups in total. The fourth-order valence-corrected chi connectivity index (χ4v) is 2.23. The van der Waals surface area contributed by atoms with Crippen molar-refractivity contribution in [2.45, 2.75) is 0 Å². The molecule has 0 aliphatic carbocycles. The summed E-state index contributed by atoms with van der Waals surface area (Å²) in [4.78, 5) is 16.4. The van der Waals surface area contributed by atoms with Gasteiger partial charge in [-0.2, -0.15) is 10.2 Å². The maximum Gasteiger partial charge on any atom is 0.261 e. The minimum Gasteiger partial charge on any atom is -0.384 e. The average Bonchev–Trinajstić information content (AvgIpc) is 2.93. The van der Waals surface area contributed by atoms with Gasteiger partial charge in [0.05, 0.1) is 11.9 Å². The summed E-state index contributed by atoms with van der Waals surface area (Å²) in [5.74, 6) is 0.00130. The van der Waals surface area contributed by atoms with Crippen LogP contribution in [0.1, 0.15) is 10.4 Å². The molecule has 0 bridgehead atoms. The third-order valence-corrected chi connectivity index (χ3v) is 3.25. The number of halogens is 1. The lowest BCUT2D eigenvalue weighted by molar-refractivity contribution is 0.102. The van der Waals surface area contributed by atoms with Crippen LogP contribution < -0.4 is 11.1 Å². The molecule has 0 unspecified atom stereocenters. The molecule has 3 heterocycles. The van der Waals surface area contributed by atoms with Gasteiger partial charge in [0.25, 0.3) is 5.91 Å². The van der Waals surface area contributed by atoms with Gasteiger partial charge in [-0.05, 0) is 22.0 Å². The third-order valence-electron chi connectivity index (χ3n) is 2.67. The van der Waals surface area contributed by atoms with E-state index >= 15 is 0 Å². The minimum atomic E-state index is -0.327. The van der Waals surface area contributed by atoms with E-state index in [1.807, 2.05) is 0 Å². The Bertz CT molecular complexity index is 806. The quantitative estimate of drug-likeness (QED) is 0.728. The Morgan fingerprint density at radius 1 is 1.50 bits per heavy atom. The van der Waals surface area contributed by atoms with E-state index in [2.05, 4.69) is 36.4 Å². The molecule has 0 fully saturated rings. The van der Waals surface area contributed by atoms with Gasteiger partial charge < -0.3 is 11.1 Å². The highest BCUT2D eigenvalue weighted by Crippen LogP contribution is 2.21. The maximum absolute atomic E-state index is 12.3. The van der Waals surface area contributed by atoms with Crippen molar-refractivity contribution < 1.29 is 4.79 Å². The third kappa shape index (κ3) is 2.11. The van der Waals surface area contributed by atoms with Gasteiger partial charge in [0.15, 0.2) is 10.3 Å². The highest BCUT2D eigenvalue weighted by atomic mass is 79.9. The average molecular weight is 336 g/mol. The molecule has 0 saturated heterocycles. The van der Waals surface area contributed by atoms with E-state index in [1.54, 1.807) is 30.2 Å². The van der Waals surface area contributed by atoms with Crippen LogP contribution in [0.2, 0.25) is 0 Å². The summed E-state index contributed by atoms with van der Waals surface area (Å²) < 4.78 is 3.63. The number of nitrogens with one attached hydrogen (secondary N) is 1. The molecule has 3 rings (SSSR count). The van der Waals surface area contributed by atoms with E-state index in [1.165, 1.54) is 10.7 Å². The molecule has 8 nitrogen and oxygen atoms in total. The fourth-order valence-electron chi connectivity index (χ4n) is 1.78. The van der Waals surface area contributed by atoms with Gasteiger partial charge in [-0.3, -0.25) is 9.48 Å². The van der Waals surface area contributed by atoms with Crippen LogP contribution in [0.3, 0.4) is 0 Å². The Hall–Kier alpha value is -2.42. The molecular formula is C11H10BrN7O. The molecule has 0 aromatic carbocycles. The van der Waals surface area contributed by atoms with Crippen molar-refractivity contribution in [2.75, 3.05) is 11.1 Å². The number of nitrogens with two attached hydrogens (primary N) is 1. The zero-order valence-electron chi connectivity index (χ0n) is 10.4. The van der Waals surface area contributed by atoms with Crippen molar-refractivity contribution in [3.05, 3.63) is 34.8 Å². The zero-order valence-corrected chi connectivity index (χ0v) is 12.0. The molecule has 0 radical (unpaired) electrons. The smallest absolute Gasteiger partial charge is 0.261 e. The summed E-state index contributed by atoms with van der Waals surface area (Å²) >= 11 is 3.27. The summed E-state index contributed by atoms with van der Waals surface area (Å²) in [6.07, 6.45) is 4.78. The Labute approximate surface area is 121 Å². The summed E-state index contributed by atoms with van der Waals surface area (Å²) in [5.41, 5.74) is 6.94. The van der Waals surface area contributed by atoms with E-state index in [0.29, 0.717) is 27.3 Å². The Kier molecular flexibility index (Phi) is 2.90. The van der Waals surface area contributed by atoms with Gasteiger partial charge in [-0.25, -0.2) is 9.50 Å². The number of aromatic nitrogens is 5. The van der Waals surface area contributed by atoms with Crippen molar-refractivity contribution in [2.24, 2.45) is 7.05 Å². The Morgan fingerprint density at radius 2 is 2.30 bits per heavy atom.